The molecule has 0 bridgehead atoms. The van der Waals surface area contributed by atoms with Gasteiger partial charge in [-0.15, -0.1) is 0 Å². The maximum atomic E-state index is 15.4. The first-order valence-electron chi connectivity index (χ1n) is 32.3. The number of ether oxygens (including phenoxy) is 6. The third kappa shape index (κ3) is 18.7. The number of piperazine rings is 2. The summed E-state index contributed by atoms with van der Waals surface area (Å²) in [6, 6.07) is 40.9. The van der Waals surface area contributed by atoms with Crippen LogP contribution in [-0.2, 0) is 51.8 Å². The molecule has 2 aliphatic heterocycles. The number of carbonyl (C=O) groups is 2. The minimum Gasteiger partial charge on any atom is -0.489 e. The van der Waals surface area contributed by atoms with Crippen LogP contribution in [-0.4, -0.2) is 185 Å². The maximum Gasteiger partial charge on any atom is 0.266 e. The van der Waals surface area contributed by atoms with Crippen LogP contribution in [0.3, 0.4) is 0 Å². The lowest BCUT2D eigenvalue weighted by atomic mass is 10.1. The minimum atomic E-state index is -0.267. The van der Waals surface area contributed by atoms with Crippen molar-refractivity contribution in [1.29, 1.82) is 5.26 Å². The molecular formula is C72H83Cl2N11O10. The normalized spacial score (nSPS) is 14.0. The van der Waals surface area contributed by atoms with Crippen molar-refractivity contribution in [3.05, 3.63) is 186 Å². The maximum absolute atomic E-state index is 15.4. The van der Waals surface area contributed by atoms with E-state index in [1.54, 1.807) is 80.6 Å². The average Bonchev–Trinajstić information content (AvgIpc) is 0.835. The second kappa shape index (κ2) is 33.3. The quantitative estimate of drug-likeness (QED) is 0.0385. The van der Waals surface area contributed by atoms with E-state index in [9.17, 15) is 19.6 Å². The zero-order valence-electron chi connectivity index (χ0n) is 54.9. The number of para-hydroxylation sites is 1. The number of halogens is 2. The van der Waals surface area contributed by atoms with Gasteiger partial charge in [0.15, 0.2) is 13.2 Å². The molecule has 8 aromatic rings. The van der Waals surface area contributed by atoms with Gasteiger partial charge in [-0.25, -0.2) is 9.97 Å². The molecule has 0 saturated carbocycles. The van der Waals surface area contributed by atoms with E-state index in [2.05, 4.69) is 25.7 Å². The fourth-order valence-electron chi connectivity index (χ4n) is 11.6. The van der Waals surface area contributed by atoms with E-state index >= 15 is 4.79 Å². The van der Waals surface area contributed by atoms with Gasteiger partial charge in [-0.2, -0.15) is 5.26 Å². The van der Waals surface area contributed by atoms with Gasteiger partial charge in [0.05, 0.1) is 84.4 Å². The molecule has 2 saturated heterocycles. The van der Waals surface area contributed by atoms with E-state index in [4.69, 9.17) is 61.6 Å². The molecular weight excluding hydrogens is 1250 g/mol. The van der Waals surface area contributed by atoms with Crippen LogP contribution >= 0.6 is 23.2 Å². The standard InChI is InChI=1S/C72H83Cl2N11O10/c1-50(2)94-65-24-13-52(43-78(5)27-9-26-75)41-63(65)85-68(46-80-30-34-83(35-31-80)70(87)49-93-58-21-17-56(74)18-22-58)77-62-23-12-54(40-60(62)72(85)89)47-91-39-37-81(36-38-90-6)44-53-14-25-66(95-51(3)4)64(42-53)84-67(76-61-11-8-7-10-59(61)71(84)88)45-79-28-32-82(33-29-79)69(86)48-92-57-19-15-55(73)16-20-57/h7-8,10-25,40-42,50-51H,9,27-39,43-49H2,1-6H3. The fraction of sp³-hybridized carbons (Fsp3) is 0.403. The Labute approximate surface area is 564 Å². The highest BCUT2D eigenvalue weighted by Crippen LogP contribution is 2.31. The molecule has 4 heterocycles. The van der Waals surface area contributed by atoms with Crippen molar-refractivity contribution < 1.29 is 38.0 Å². The summed E-state index contributed by atoms with van der Waals surface area (Å²) in [6.07, 6.45) is -0.0272. The summed E-state index contributed by atoms with van der Waals surface area (Å²) in [4.78, 5) is 79.5. The van der Waals surface area contributed by atoms with Gasteiger partial charge < -0.3 is 43.1 Å². The van der Waals surface area contributed by atoms with Crippen LogP contribution in [0.25, 0.3) is 33.2 Å². The Hall–Kier alpha value is -8.43. The van der Waals surface area contributed by atoms with Crippen LogP contribution in [0.4, 0.5) is 0 Å². The fourth-order valence-corrected chi connectivity index (χ4v) is 11.9. The van der Waals surface area contributed by atoms with Crippen LogP contribution < -0.4 is 30.1 Å². The smallest absolute Gasteiger partial charge is 0.266 e. The number of fused-ring (bicyclic) bond motifs is 2. The summed E-state index contributed by atoms with van der Waals surface area (Å²) in [5.41, 5.74) is 4.41. The molecule has 0 radical (unpaired) electrons. The van der Waals surface area contributed by atoms with Crippen molar-refractivity contribution in [2.75, 3.05) is 113 Å². The summed E-state index contributed by atoms with van der Waals surface area (Å²) in [7, 11) is 3.63. The third-order valence-electron chi connectivity index (χ3n) is 16.5. The molecule has 0 N–H and O–H groups in total. The van der Waals surface area contributed by atoms with Gasteiger partial charge in [-0.1, -0.05) is 53.5 Å². The Morgan fingerprint density at radius 2 is 1.06 bits per heavy atom. The van der Waals surface area contributed by atoms with Gasteiger partial charge in [0.1, 0.15) is 34.6 Å². The van der Waals surface area contributed by atoms with Gasteiger partial charge in [0.25, 0.3) is 22.9 Å². The van der Waals surface area contributed by atoms with Crippen molar-refractivity contribution in [2.45, 2.75) is 79.1 Å². The zero-order valence-corrected chi connectivity index (χ0v) is 56.4. The molecule has 2 aliphatic rings. The number of benzene rings is 6. The molecule has 0 atom stereocenters. The van der Waals surface area contributed by atoms with Crippen LogP contribution in [0.15, 0.2) is 137 Å². The Morgan fingerprint density at radius 3 is 1.58 bits per heavy atom. The molecule has 21 nitrogen and oxygen atoms in total. The predicted octanol–water partition coefficient (Wildman–Crippen LogP) is 9.42. The van der Waals surface area contributed by atoms with Crippen molar-refractivity contribution in [2.24, 2.45) is 0 Å². The first-order chi connectivity index (χ1) is 46.0. The van der Waals surface area contributed by atoms with E-state index in [0.29, 0.717) is 196 Å². The van der Waals surface area contributed by atoms with Crippen molar-refractivity contribution in [3.8, 4) is 40.4 Å². The second-order valence-electron chi connectivity index (χ2n) is 24.4. The van der Waals surface area contributed by atoms with Gasteiger partial charge in [0, 0.05) is 109 Å². The number of hydrogen-bond acceptors (Lipinski definition) is 17. The molecule has 6 aromatic carbocycles. The molecule has 0 aliphatic carbocycles. The SMILES string of the molecule is COCCN(CCOCc1ccc2nc(CN3CCN(C(=O)COc4ccc(Cl)cc4)CC3)n(-c3cc(CN(C)CCC#N)ccc3OC(C)C)c(=O)c2c1)Cc1ccc(OC(C)C)c(-n2c(CN3CCN(C(=O)COc4ccc(Cl)cc4)CC3)nc3ccccc3c2=O)c1. The Balaban J connectivity index is 0.861. The summed E-state index contributed by atoms with van der Waals surface area (Å²) >= 11 is 12.1. The van der Waals surface area contributed by atoms with Gasteiger partial charge in [-0.05, 0) is 148 Å². The lowest BCUT2D eigenvalue weighted by Crippen LogP contribution is -2.50. The van der Waals surface area contributed by atoms with Crippen molar-refractivity contribution >= 4 is 56.8 Å². The zero-order chi connectivity index (χ0) is 67.0. The monoisotopic (exact) mass is 1330 g/mol. The molecule has 0 spiro atoms. The Kier molecular flexibility index (Phi) is 24.3. The first kappa shape index (κ1) is 69.4. The molecule has 500 valence electrons. The first-order valence-corrected chi connectivity index (χ1v) is 33.0. The van der Waals surface area contributed by atoms with Crippen LogP contribution in [0.2, 0.25) is 10.0 Å². The van der Waals surface area contributed by atoms with E-state index in [1.807, 2.05) is 108 Å². The molecule has 2 amide bonds. The number of nitriles is 1. The summed E-state index contributed by atoms with van der Waals surface area (Å²) in [5.74, 6) is 3.02. The van der Waals surface area contributed by atoms with Crippen molar-refractivity contribution in [3.63, 3.8) is 0 Å². The number of nitrogens with zero attached hydrogens (tertiary/aromatic N) is 11. The third-order valence-corrected chi connectivity index (χ3v) is 17.0. The highest BCUT2D eigenvalue weighted by molar-refractivity contribution is 6.30. The summed E-state index contributed by atoms with van der Waals surface area (Å²) in [6.45, 7) is 16.1. The number of hydrogen-bond donors (Lipinski definition) is 0. The second-order valence-corrected chi connectivity index (χ2v) is 25.3. The van der Waals surface area contributed by atoms with Gasteiger partial charge in [0.2, 0.25) is 0 Å². The number of aromatic nitrogens is 4. The van der Waals surface area contributed by atoms with E-state index in [1.165, 1.54) is 0 Å². The summed E-state index contributed by atoms with van der Waals surface area (Å²) < 4.78 is 39.9. The highest BCUT2D eigenvalue weighted by atomic mass is 35.5. The molecule has 23 heteroatoms. The lowest BCUT2D eigenvalue weighted by molar-refractivity contribution is -0.135. The van der Waals surface area contributed by atoms with Crippen LogP contribution in [0, 0.1) is 11.3 Å². The number of rotatable bonds is 30. The number of amides is 2. The largest absolute Gasteiger partial charge is 0.489 e. The topological polar surface area (TPSA) is 203 Å². The van der Waals surface area contributed by atoms with Crippen LogP contribution in [0.5, 0.6) is 23.0 Å². The molecule has 2 aromatic heterocycles. The molecule has 95 heavy (non-hydrogen) atoms. The molecule has 10 rings (SSSR count). The molecule has 0 unspecified atom stereocenters. The number of carbonyl (C=O) groups excluding carboxylic acids is 2. The van der Waals surface area contributed by atoms with Crippen molar-refractivity contribution in [1.82, 2.24) is 48.5 Å². The van der Waals surface area contributed by atoms with Gasteiger partial charge in [-0.3, -0.25) is 43.0 Å². The van der Waals surface area contributed by atoms with E-state index < -0.39 is 0 Å². The van der Waals surface area contributed by atoms with E-state index in [-0.39, 0.29) is 55.0 Å². The Bertz CT molecular complexity index is 4090. The van der Waals surface area contributed by atoms with Gasteiger partial charge >= 0.3 is 0 Å². The predicted molar refractivity (Wildman–Crippen MR) is 367 cm³/mol. The number of methoxy groups -OCH3 is 1. The van der Waals surface area contributed by atoms with Crippen LogP contribution in [0.1, 0.15) is 62.5 Å². The Morgan fingerprint density at radius 1 is 0.579 bits per heavy atom. The molecule has 2 fully saturated rings. The highest BCUT2D eigenvalue weighted by Gasteiger charge is 2.28. The van der Waals surface area contributed by atoms with E-state index in [0.717, 1.165) is 16.7 Å². The lowest BCUT2D eigenvalue weighted by Gasteiger charge is -2.34. The summed E-state index contributed by atoms with van der Waals surface area (Å²) in [5, 5.41) is 11.4. The minimum absolute atomic E-state index is 0.0898. The average molecular weight is 1330 g/mol.